The van der Waals surface area contributed by atoms with Crippen LogP contribution < -0.4 is 10.1 Å². The number of methoxy groups -OCH3 is 1. The summed E-state index contributed by atoms with van der Waals surface area (Å²) in [5.74, 6) is 0.788. The Morgan fingerprint density at radius 2 is 1.95 bits per heavy atom. The quantitative estimate of drug-likeness (QED) is 0.848. The molecule has 0 fully saturated rings. The third-order valence-electron chi connectivity index (χ3n) is 3.25. The number of hydrogen-bond donors (Lipinski definition) is 2. The van der Waals surface area contributed by atoms with Crippen molar-refractivity contribution in [3.63, 3.8) is 0 Å². The molecule has 2 atom stereocenters. The number of aromatic nitrogens is 1. The predicted octanol–water partition coefficient (Wildman–Crippen LogP) is 2.47. The van der Waals surface area contributed by atoms with E-state index in [0.29, 0.717) is 6.54 Å². The molecule has 2 rings (SSSR count). The van der Waals surface area contributed by atoms with Crippen molar-refractivity contribution in [2.75, 3.05) is 13.7 Å². The summed E-state index contributed by atoms with van der Waals surface area (Å²) in [6, 6.07) is 13.4. The van der Waals surface area contributed by atoms with Crippen molar-refractivity contribution in [1.29, 1.82) is 0 Å². The minimum atomic E-state index is -0.549. The molecule has 4 heteroatoms. The zero-order valence-corrected chi connectivity index (χ0v) is 11.8. The van der Waals surface area contributed by atoms with Crippen LogP contribution in [0.4, 0.5) is 0 Å². The second-order valence-corrected chi connectivity index (χ2v) is 4.67. The molecule has 1 aromatic heterocycles. The van der Waals surface area contributed by atoms with Gasteiger partial charge in [-0.3, -0.25) is 4.98 Å². The van der Waals surface area contributed by atoms with Crippen LogP contribution >= 0.6 is 0 Å². The smallest absolute Gasteiger partial charge is 0.118 e. The Morgan fingerprint density at radius 3 is 2.55 bits per heavy atom. The fourth-order valence-electron chi connectivity index (χ4n) is 1.97. The first-order valence-electron chi connectivity index (χ1n) is 6.67. The van der Waals surface area contributed by atoms with E-state index in [9.17, 15) is 5.11 Å². The standard InChI is InChI=1S/C16H20N2O2/c1-12(15-5-3-4-10-17-15)18-11-16(19)13-6-8-14(20-2)9-7-13/h3-10,12,16,18-19H,11H2,1-2H3/t12-,16?/m1/s1. The van der Waals surface area contributed by atoms with Crippen LogP contribution in [0, 0.1) is 0 Å². The average Bonchev–Trinajstić information content (AvgIpc) is 2.53. The Kier molecular flexibility index (Phi) is 5.09. The summed E-state index contributed by atoms with van der Waals surface area (Å²) in [5, 5.41) is 13.4. The van der Waals surface area contributed by atoms with E-state index >= 15 is 0 Å². The monoisotopic (exact) mass is 272 g/mol. The van der Waals surface area contributed by atoms with Gasteiger partial charge in [-0.1, -0.05) is 18.2 Å². The van der Waals surface area contributed by atoms with Gasteiger partial charge in [-0.05, 0) is 36.8 Å². The minimum Gasteiger partial charge on any atom is -0.497 e. The Bertz CT molecular complexity index is 514. The molecule has 1 unspecified atom stereocenters. The van der Waals surface area contributed by atoms with Gasteiger partial charge in [-0.15, -0.1) is 0 Å². The topological polar surface area (TPSA) is 54.4 Å². The van der Waals surface area contributed by atoms with E-state index in [0.717, 1.165) is 17.0 Å². The van der Waals surface area contributed by atoms with Gasteiger partial charge in [0.2, 0.25) is 0 Å². The van der Waals surface area contributed by atoms with Gasteiger partial charge in [0.05, 0.1) is 18.9 Å². The fourth-order valence-corrected chi connectivity index (χ4v) is 1.97. The van der Waals surface area contributed by atoms with E-state index < -0.39 is 6.10 Å². The maximum atomic E-state index is 10.2. The lowest BCUT2D eigenvalue weighted by Gasteiger charge is -2.17. The van der Waals surface area contributed by atoms with Gasteiger partial charge < -0.3 is 15.2 Å². The van der Waals surface area contributed by atoms with Gasteiger partial charge >= 0.3 is 0 Å². The maximum absolute atomic E-state index is 10.2. The van der Waals surface area contributed by atoms with E-state index in [-0.39, 0.29) is 6.04 Å². The summed E-state index contributed by atoms with van der Waals surface area (Å²) in [5.41, 5.74) is 1.83. The number of aliphatic hydroxyl groups is 1. The van der Waals surface area contributed by atoms with E-state index in [1.54, 1.807) is 13.3 Å². The van der Waals surface area contributed by atoms with Crippen molar-refractivity contribution in [1.82, 2.24) is 10.3 Å². The van der Waals surface area contributed by atoms with Crippen LogP contribution in [0.25, 0.3) is 0 Å². The first kappa shape index (κ1) is 14.5. The van der Waals surface area contributed by atoms with Crippen molar-refractivity contribution in [2.24, 2.45) is 0 Å². The first-order valence-corrected chi connectivity index (χ1v) is 6.67. The third kappa shape index (κ3) is 3.79. The zero-order valence-electron chi connectivity index (χ0n) is 11.8. The van der Waals surface area contributed by atoms with Gasteiger partial charge in [-0.2, -0.15) is 0 Å². The van der Waals surface area contributed by atoms with Crippen molar-refractivity contribution in [3.05, 3.63) is 59.9 Å². The molecule has 2 N–H and O–H groups in total. The highest BCUT2D eigenvalue weighted by atomic mass is 16.5. The lowest BCUT2D eigenvalue weighted by Crippen LogP contribution is -2.25. The highest BCUT2D eigenvalue weighted by Crippen LogP contribution is 2.18. The van der Waals surface area contributed by atoms with Crippen molar-refractivity contribution in [2.45, 2.75) is 19.1 Å². The molecule has 1 heterocycles. The molecule has 2 aromatic rings. The van der Waals surface area contributed by atoms with Gasteiger partial charge in [0.1, 0.15) is 5.75 Å². The molecule has 0 aliphatic carbocycles. The molecule has 0 amide bonds. The Hall–Kier alpha value is -1.91. The van der Waals surface area contributed by atoms with Crippen LogP contribution in [0.15, 0.2) is 48.7 Å². The highest BCUT2D eigenvalue weighted by molar-refractivity contribution is 5.28. The molecule has 0 radical (unpaired) electrons. The summed E-state index contributed by atoms with van der Waals surface area (Å²) in [6.07, 6.45) is 1.22. The van der Waals surface area contributed by atoms with Crippen molar-refractivity contribution < 1.29 is 9.84 Å². The summed E-state index contributed by atoms with van der Waals surface area (Å²) < 4.78 is 5.10. The number of aliphatic hydroxyl groups excluding tert-OH is 1. The SMILES string of the molecule is COc1ccc(C(O)CN[C@H](C)c2ccccn2)cc1. The number of nitrogens with one attached hydrogen (secondary N) is 1. The molecule has 0 aliphatic rings. The molecule has 1 aromatic carbocycles. The third-order valence-corrected chi connectivity index (χ3v) is 3.25. The van der Waals surface area contributed by atoms with Crippen LogP contribution in [-0.2, 0) is 0 Å². The number of rotatable bonds is 6. The zero-order chi connectivity index (χ0) is 14.4. The largest absolute Gasteiger partial charge is 0.497 e. The van der Waals surface area contributed by atoms with Crippen molar-refractivity contribution in [3.8, 4) is 5.75 Å². The molecular weight excluding hydrogens is 252 g/mol. The number of ether oxygens (including phenoxy) is 1. The maximum Gasteiger partial charge on any atom is 0.118 e. The first-order chi connectivity index (χ1) is 9.70. The van der Waals surface area contributed by atoms with Crippen LogP contribution in [0.5, 0.6) is 5.75 Å². The lowest BCUT2D eigenvalue weighted by atomic mass is 10.1. The molecule has 106 valence electrons. The molecule has 0 bridgehead atoms. The van der Waals surface area contributed by atoms with Gasteiger partial charge in [-0.25, -0.2) is 0 Å². The van der Waals surface area contributed by atoms with Crippen LogP contribution in [-0.4, -0.2) is 23.7 Å². The second-order valence-electron chi connectivity index (χ2n) is 4.67. The molecule has 0 aliphatic heterocycles. The molecule has 0 spiro atoms. The number of benzene rings is 1. The number of nitrogens with zero attached hydrogens (tertiary/aromatic N) is 1. The van der Waals surface area contributed by atoms with Gasteiger partial charge in [0.15, 0.2) is 0 Å². The number of pyridine rings is 1. The number of hydrogen-bond acceptors (Lipinski definition) is 4. The van der Waals surface area contributed by atoms with Gasteiger partial charge in [0, 0.05) is 18.8 Å². The Labute approximate surface area is 119 Å². The van der Waals surface area contributed by atoms with Crippen molar-refractivity contribution >= 4 is 0 Å². The lowest BCUT2D eigenvalue weighted by molar-refractivity contribution is 0.170. The Balaban J connectivity index is 1.89. The molecule has 4 nitrogen and oxygen atoms in total. The Morgan fingerprint density at radius 1 is 1.20 bits per heavy atom. The molecule has 20 heavy (non-hydrogen) atoms. The van der Waals surface area contributed by atoms with Crippen LogP contribution in [0.3, 0.4) is 0 Å². The summed E-state index contributed by atoms with van der Waals surface area (Å²) in [6.45, 7) is 2.51. The molecule has 0 saturated heterocycles. The van der Waals surface area contributed by atoms with E-state index in [1.165, 1.54) is 0 Å². The molecule has 0 saturated carbocycles. The van der Waals surface area contributed by atoms with E-state index in [4.69, 9.17) is 4.74 Å². The minimum absolute atomic E-state index is 0.101. The van der Waals surface area contributed by atoms with E-state index in [2.05, 4.69) is 10.3 Å². The van der Waals surface area contributed by atoms with Crippen LogP contribution in [0.2, 0.25) is 0 Å². The normalized spacial score (nSPS) is 13.8. The summed E-state index contributed by atoms with van der Waals surface area (Å²) >= 11 is 0. The predicted molar refractivity (Wildman–Crippen MR) is 78.6 cm³/mol. The summed E-state index contributed by atoms with van der Waals surface area (Å²) in [7, 11) is 1.63. The van der Waals surface area contributed by atoms with E-state index in [1.807, 2.05) is 49.4 Å². The summed E-state index contributed by atoms with van der Waals surface area (Å²) in [4.78, 5) is 4.29. The average molecular weight is 272 g/mol. The second kappa shape index (κ2) is 7.03. The van der Waals surface area contributed by atoms with Gasteiger partial charge in [0.25, 0.3) is 0 Å². The fraction of sp³-hybridized carbons (Fsp3) is 0.312. The van der Waals surface area contributed by atoms with Crippen LogP contribution in [0.1, 0.15) is 30.3 Å². The molecular formula is C16H20N2O2. The highest BCUT2D eigenvalue weighted by Gasteiger charge is 2.11.